The fourth-order valence-corrected chi connectivity index (χ4v) is 2.16. The molecule has 1 fully saturated rings. The van der Waals surface area contributed by atoms with Gasteiger partial charge in [0.25, 0.3) is 0 Å². The van der Waals surface area contributed by atoms with Crippen molar-refractivity contribution >= 4 is 12.0 Å². The lowest BCUT2D eigenvalue weighted by Crippen LogP contribution is -2.44. The molecule has 1 rings (SSSR count). The Balaban J connectivity index is 2.37. The molecule has 0 saturated carbocycles. The molecule has 6 heteroatoms. The number of nitrogens with one attached hydrogen (secondary N) is 1. The van der Waals surface area contributed by atoms with Gasteiger partial charge in [0.05, 0.1) is 5.92 Å². The molecule has 0 bridgehead atoms. The van der Waals surface area contributed by atoms with E-state index in [-0.39, 0.29) is 25.2 Å². The Labute approximate surface area is 107 Å². The molecule has 0 radical (unpaired) electrons. The van der Waals surface area contributed by atoms with E-state index in [1.54, 1.807) is 11.8 Å². The van der Waals surface area contributed by atoms with Crippen LogP contribution in [0.4, 0.5) is 4.79 Å². The van der Waals surface area contributed by atoms with Gasteiger partial charge in [-0.1, -0.05) is 6.92 Å². The molecular weight excluding hydrogens is 236 g/mol. The molecule has 1 aliphatic rings. The van der Waals surface area contributed by atoms with Crippen molar-refractivity contribution in [1.29, 1.82) is 0 Å². The molecule has 0 aromatic rings. The fourth-order valence-electron chi connectivity index (χ4n) is 2.16. The molecule has 0 spiro atoms. The number of carbonyl (C=O) groups is 2. The highest BCUT2D eigenvalue weighted by Gasteiger charge is 2.28. The summed E-state index contributed by atoms with van der Waals surface area (Å²) in [4.78, 5) is 24.3. The van der Waals surface area contributed by atoms with E-state index in [2.05, 4.69) is 5.32 Å². The van der Waals surface area contributed by atoms with Crippen LogP contribution in [0.15, 0.2) is 0 Å². The van der Waals surface area contributed by atoms with E-state index in [0.717, 1.165) is 19.3 Å². The van der Waals surface area contributed by atoms with Gasteiger partial charge in [-0.2, -0.15) is 0 Å². The average Bonchev–Trinajstić information content (AvgIpc) is 2.81. The predicted octanol–water partition coefficient (Wildman–Crippen LogP) is 0.654. The molecule has 2 atom stereocenters. The molecule has 104 valence electrons. The highest BCUT2D eigenvalue weighted by atomic mass is 16.4. The Bertz CT molecular complexity index is 296. The molecule has 18 heavy (non-hydrogen) atoms. The second-order valence-corrected chi connectivity index (χ2v) is 4.78. The average molecular weight is 258 g/mol. The van der Waals surface area contributed by atoms with Crippen molar-refractivity contribution in [3.63, 3.8) is 0 Å². The topological polar surface area (TPSA) is 89.9 Å². The summed E-state index contributed by atoms with van der Waals surface area (Å²) in [6.45, 7) is 2.57. The van der Waals surface area contributed by atoms with Crippen LogP contribution in [0.3, 0.4) is 0 Å². The first kappa shape index (κ1) is 14.8. The molecule has 1 aliphatic heterocycles. The van der Waals surface area contributed by atoms with Crippen molar-refractivity contribution in [2.24, 2.45) is 5.92 Å². The van der Waals surface area contributed by atoms with Crippen LogP contribution >= 0.6 is 0 Å². The van der Waals surface area contributed by atoms with Crippen molar-refractivity contribution in [2.75, 3.05) is 19.7 Å². The summed E-state index contributed by atoms with van der Waals surface area (Å²) in [7, 11) is 0. The maximum Gasteiger partial charge on any atom is 0.317 e. The van der Waals surface area contributed by atoms with Crippen LogP contribution in [0, 0.1) is 5.92 Å². The number of carbonyl (C=O) groups excluding carboxylic acids is 1. The van der Waals surface area contributed by atoms with E-state index in [9.17, 15) is 9.59 Å². The van der Waals surface area contributed by atoms with Gasteiger partial charge in [-0.25, -0.2) is 4.79 Å². The summed E-state index contributed by atoms with van der Waals surface area (Å²) in [5.41, 5.74) is 0. The Morgan fingerprint density at radius 1 is 1.50 bits per heavy atom. The summed E-state index contributed by atoms with van der Waals surface area (Å²) < 4.78 is 0. The zero-order valence-corrected chi connectivity index (χ0v) is 10.8. The number of urea groups is 1. The van der Waals surface area contributed by atoms with E-state index in [1.165, 1.54) is 0 Å². The van der Waals surface area contributed by atoms with Gasteiger partial charge in [-0.3, -0.25) is 4.79 Å². The van der Waals surface area contributed by atoms with Crippen molar-refractivity contribution in [3.8, 4) is 0 Å². The Hall–Kier alpha value is -1.30. The molecule has 6 nitrogen and oxygen atoms in total. The van der Waals surface area contributed by atoms with Gasteiger partial charge in [0.1, 0.15) is 0 Å². The van der Waals surface area contributed by atoms with E-state index in [4.69, 9.17) is 10.2 Å². The van der Waals surface area contributed by atoms with Crippen LogP contribution in [-0.2, 0) is 4.79 Å². The molecule has 0 aliphatic carbocycles. The third kappa shape index (κ3) is 4.18. The number of aliphatic carboxylic acids is 1. The van der Waals surface area contributed by atoms with Crippen LogP contribution in [-0.4, -0.2) is 52.9 Å². The highest BCUT2D eigenvalue weighted by molar-refractivity contribution is 5.76. The molecule has 0 aromatic heterocycles. The minimum Gasteiger partial charge on any atom is -0.481 e. The molecular formula is C12H22N2O4. The van der Waals surface area contributed by atoms with Gasteiger partial charge < -0.3 is 20.4 Å². The van der Waals surface area contributed by atoms with Gasteiger partial charge in [0, 0.05) is 25.7 Å². The van der Waals surface area contributed by atoms with Crippen molar-refractivity contribution < 1.29 is 19.8 Å². The lowest BCUT2D eigenvalue weighted by Gasteiger charge is -2.25. The van der Waals surface area contributed by atoms with Gasteiger partial charge in [-0.05, 0) is 25.7 Å². The van der Waals surface area contributed by atoms with Gasteiger partial charge in [0.2, 0.25) is 0 Å². The largest absolute Gasteiger partial charge is 0.481 e. The number of aliphatic hydroxyl groups is 1. The zero-order chi connectivity index (χ0) is 13.5. The molecule has 1 saturated heterocycles. The standard InChI is InChI=1S/C12H22N2O4/c1-9(11(16)17)8-13-12(18)14-6-2-4-10(14)5-3-7-15/h9-10,15H,2-8H2,1H3,(H,13,18)(H,16,17). The summed E-state index contributed by atoms with van der Waals surface area (Å²) in [5.74, 6) is -1.49. The first-order chi connectivity index (χ1) is 8.56. The lowest BCUT2D eigenvalue weighted by molar-refractivity contribution is -0.140. The number of likely N-dealkylation sites (tertiary alicyclic amines) is 1. The van der Waals surface area contributed by atoms with Gasteiger partial charge >= 0.3 is 12.0 Å². The number of hydrogen-bond donors (Lipinski definition) is 3. The van der Waals surface area contributed by atoms with Crippen molar-refractivity contribution in [2.45, 2.75) is 38.6 Å². The number of amides is 2. The quantitative estimate of drug-likeness (QED) is 0.652. The monoisotopic (exact) mass is 258 g/mol. The number of hydrogen-bond acceptors (Lipinski definition) is 3. The van der Waals surface area contributed by atoms with Gasteiger partial charge in [-0.15, -0.1) is 0 Å². The van der Waals surface area contributed by atoms with E-state index < -0.39 is 11.9 Å². The van der Waals surface area contributed by atoms with E-state index >= 15 is 0 Å². The molecule has 2 unspecified atom stereocenters. The maximum absolute atomic E-state index is 11.9. The zero-order valence-electron chi connectivity index (χ0n) is 10.8. The molecule has 2 amide bonds. The smallest absolute Gasteiger partial charge is 0.317 e. The van der Waals surface area contributed by atoms with Crippen molar-refractivity contribution in [1.82, 2.24) is 10.2 Å². The predicted molar refractivity (Wildman–Crippen MR) is 66.2 cm³/mol. The minimum absolute atomic E-state index is 0.141. The number of nitrogens with zero attached hydrogens (tertiary/aromatic N) is 1. The summed E-state index contributed by atoms with van der Waals surface area (Å²) >= 11 is 0. The number of carboxylic acid groups (broad SMARTS) is 1. The summed E-state index contributed by atoms with van der Waals surface area (Å²) in [6, 6.07) is -0.0131. The highest BCUT2D eigenvalue weighted by Crippen LogP contribution is 2.21. The number of aliphatic hydroxyl groups excluding tert-OH is 1. The fraction of sp³-hybridized carbons (Fsp3) is 0.833. The minimum atomic E-state index is -0.909. The third-order valence-corrected chi connectivity index (χ3v) is 3.31. The van der Waals surface area contributed by atoms with E-state index in [0.29, 0.717) is 13.0 Å². The Morgan fingerprint density at radius 3 is 2.83 bits per heavy atom. The first-order valence-electron chi connectivity index (χ1n) is 6.44. The van der Waals surface area contributed by atoms with Crippen molar-refractivity contribution in [3.05, 3.63) is 0 Å². The lowest BCUT2D eigenvalue weighted by atomic mass is 10.1. The van der Waals surface area contributed by atoms with Crippen LogP contribution < -0.4 is 5.32 Å². The van der Waals surface area contributed by atoms with Crippen LogP contribution in [0.2, 0.25) is 0 Å². The Morgan fingerprint density at radius 2 is 2.22 bits per heavy atom. The molecule has 3 N–H and O–H groups in total. The van der Waals surface area contributed by atoms with Crippen LogP contribution in [0.25, 0.3) is 0 Å². The summed E-state index contributed by atoms with van der Waals surface area (Å²) in [5, 5.41) is 20.2. The van der Waals surface area contributed by atoms with Gasteiger partial charge in [0.15, 0.2) is 0 Å². The number of rotatable bonds is 6. The first-order valence-corrected chi connectivity index (χ1v) is 6.44. The number of carboxylic acids is 1. The van der Waals surface area contributed by atoms with Crippen LogP contribution in [0.5, 0.6) is 0 Å². The molecule has 1 heterocycles. The van der Waals surface area contributed by atoms with Crippen LogP contribution in [0.1, 0.15) is 32.6 Å². The SMILES string of the molecule is CC(CNC(=O)N1CCCC1CCCO)C(=O)O. The van der Waals surface area contributed by atoms with E-state index in [1.807, 2.05) is 0 Å². The third-order valence-electron chi connectivity index (χ3n) is 3.31. The second-order valence-electron chi connectivity index (χ2n) is 4.78. The maximum atomic E-state index is 11.9. The Kier molecular flexibility index (Phi) is 5.91. The second kappa shape index (κ2) is 7.20. The normalized spacial score (nSPS) is 20.8. The summed E-state index contributed by atoms with van der Waals surface area (Å²) in [6.07, 6.45) is 3.43. The molecule has 0 aromatic carbocycles.